The molecule has 0 saturated heterocycles. The molecule has 84 valence electrons. The van der Waals surface area contributed by atoms with Crippen LogP contribution >= 0.6 is 11.6 Å². The average Bonchev–Trinajstić information content (AvgIpc) is 2.62. The summed E-state index contributed by atoms with van der Waals surface area (Å²) in [5, 5.41) is 4.87. The summed E-state index contributed by atoms with van der Waals surface area (Å²) in [7, 11) is 0. The molecule has 2 aromatic rings. The molecular weight excluding hydrogens is 222 g/mol. The molecule has 3 nitrogen and oxygen atoms in total. The molecule has 1 unspecified atom stereocenters. The normalized spacial score (nSPS) is 12.7. The van der Waals surface area contributed by atoms with E-state index in [0.717, 1.165) is 11.3 Å². The van der Waals surface area contributed by atoms with Crippen molar-refractivity contribution in [1.29, 1.82) is 0 Å². The highest BCUT2D eigenvalue weighted by Crippen LogP contribution is 2.17. The third-order valence-corrected chi connectivity index (χ3v) is 3.01. The van der Waals surface area contributed by atoms with Gasteiger partial charge in [-0.15, -0.1) is 0 Å². The monoisotopic (exact) mass is 235 g/mol. The highest BCUT2D eigenvalue weighted by Gasteiger charge is 2.10. The van der Waals surface area contributed by atoms with Crippen LogP contribution in [0.15, 0.2) is 36.5 Å². The predicted octanol–water partition coefficient (Wildman–Crippen LogP) is 2.54. The molecule has 0 amide bonds. The Labute approximate surface area is 99.8 Å². The number of hydrogen-bond donors (Lipinski definition) is 1. The molecule has 0 radical (unpaired) electrons. The van der Waals surface area contributed by atoms with Gasteiger partial charge in [-0.25, -0.2) is 0 Å². The van der Waals surface area contributed by atoms with Crippen LogP contribution in [-0.4, -0.2) is 9.78 Å². The van der Waals surface area contributed by atoms with Crippen molar-refractivity contribution in [2.75, 3.05) is 0 Å². The number of rotatable bonds is 3. The van der Waals surface area contributed by atoms with Crippen LogP contribution in [0, 0.1) is 6.92 Å². The van der Waals surface area contributed by atoms with Gasteiger partial charge >= 0.3 is 0 Å². The second kappa shape index (κ2) is 4.68. The van der Waals surface area contributed by atoms with Crippen molar-refractivity contribution in [2.24, 2.45) is 5.73 Å². The number of hydrogen-bond acceptors (Lipinski definition) is 2. The van der Waals surface area contributed by atoms with Gasteiger partial charge in [0.15, 0.2) is 0 Å². The highest BCUT2D eigenvalue weighted by molar-refractivity contribution is 6.31. The van der Waals surface area contributed by atoms with Crippen LogP contribution in [0.5, 0.6) is 0 Å². The summed E-state index contributed by atoms with van der Waals surface area (Å²) in [6, 6.07) is 9.93. The van der Waals surface area contributed by atoms with Gasteiger partial charge in [-0.3, -0.25) is 4.68 Å². The largest absolute Gasteiger partial charge is 0.322 e. The lowest BCUT2D eigenvalue weighted by atomic mass is 10.1. The van der Waals surface area contributed by atoms with E-state index >= 15 is 0 Å². The van der Waals surface area contributed by atoms with Gasteiger partial charge in [0.2, 0.25) is 0 Å². The quantitative estimate of drug-likeness (QED) is 0.889. The van der Waals surface area contributed by atoms with E-state index in [1.807, 2.05) is 41.9 Å². The van der Waals surface area contributed by atoms with Gasteiger partial charge in [0.05, 0.1) is 23.5 Å². The first kappa shape index (κ1) is 11.2. The zero-order valence-electron chi connectivity index (χ0n) is 9.10. The topological polar surface area (TPSA) is 43.8 Å². The fourth-order valence-electron chi connectivity index (χ4n) is 1.60. The number of nitrogens with two attached hydrogens (primary N) is 1. The van der Waals surface area contributed by atoms with Crippen LogP contribution in [0.4, 0.5) is 0 Å². The SMILES string of the molecule is Cc1c(Cl)cnn1CC(N)c1ccccc1. The van der Waals surface area contributed by atoms with E-state index in [1.54, 1.807) is 6.20 Å². The Morgan fingerprint density at radius 1 is 1.38 bits per heavy atom. The van der Waals surface area contributed by atoms with Crippen LogP contribution in [-0.2, 0) is 6.54 Å². The lowest BCUT2D eigenvalue weighted by molar-refractivity contribution is 0.517. The van der Waals surface area contributed by atoms with E-state index in [9.17, 15) is 0 Å². The maximum Gasteiger partial charge on any atom is 0.0814 e. The van der Waals surface area contributed by atoms with Gasteiger partial charge < -0.3 is 5.73 Å². The average molecular weight is 236 g/mol. The lowest BCUT2D eigenvalue weighted by Gasteiger charge is -2.13. The molecule has 0 aliphatic carbocycles. The Bertz CT molecular complexity index is 464. The fraction of sp³-hybridized carbons (Fsp3) is 0.250. The molecule has 2 N–H and O–H groups in total. The van der Waals surface area contributed by atoms with Crippen molar-refractivity contribution >= 4 is 11.6 Å². The van der Waals surface area contributed by atoms with Crippen LogP contribution < -0.4 is 5.73 Å². The standard InChI is InChI=1S/C12H14ClN3/c1-9-11(13)7-15-16(9)8-12(14)10-5-3-2-4-6-10/h2-7,12H,8,14H2,1H3. The van der Waals surface area contributed by atoms with Crippen LogP contribution in [0.3, 0.4) is 0 Å². The third kappa shape index (κ3) is 2.26. The van der Waals surface area contributed by atoms with E-state index < -0.39 is 0 Å². The summed E-state index contributed by atoms with van der Waals surface area (Å²) in [6.07, 6.45) is 1.65. The summed E-state index contributed by atoms with van der Waals surface area (Å²) < 4.78 is 1.83. The van der Waals surface area contributed by atoms with Crippen molar-refractivity contribution < 1.29 is 0 Å². The number of benzene rings is 1. The summed E-state index contributed by atoms with van der Waals surface area (Å²) >= 11 is 5.93. The minimum atomic E-state index is -0.0594. The Morgan fingerprint density at radius 3 is 2.62 bits per heavy atom. The second-order valence-corrected chi connectivity index (χ2v) is 4.18. The second-order valence-electron chi connectivity index (χ2n) is 3.78. The molecular formula is C12H14ClN3. The highest BCUT2D eigenvalue weighted by atomic mass is 35.5. The third-order valence-electron chi connectivity index (χ3n) is 2.64. The van der Waals surface area contributed by atoms with E-state index in [1.165, 1.54) is 0 Å². The van der Waals surface area contributed by atoms with Crippen LogP contribution in [0.25, 0.3) is 0 Å². The summed E-state index contributed by atoms with van der Waals surface area (Å²) in [5.74, 6) is 0. The number of halogens is 1. The molecule has 1 aromatic heterocycles. The molecule has 1 atom stereocenters. The predicted molar refractivity (Wildman–Crippen MR) is 65.3 cm³/mol. The van der Waals surface area contributed by atoms with Crippen molar-refractivity contribution in [3.05, 3.63) is 52.8 Å². The molecule has 0 bridgehead atoms. The summed E-state index contributed by atoms with van der Waals surface area (Å²) in [5.41, 5.74) is 8.16. The van der Waals surface area contributed by atoms with Crippen molar-refractivity contribution in [3.8, 4) is 0 Å². The van der Waals surface area contributed by atoms with Gasteiger partial charge in [0.1, 0.15) is 0 Å². The lowest BCUT2D eigenvalue weighted by Crippen LogP contribution is -2.19. The number of aromatic nitrogens is 2. The van der Waals surface area contributed by atoms with Crippen LogP contribution in [0.1, 0.15) is 17.3 Å². The maximum absolute atomic E-state index is 6.10. The van der Waals surface area contributed by atoms with E-state index in [2.05, 4.69) is 5.10 Å². The molecule has 16 heavy (non-hydrogen) atoms. The summed E-state index contributed by atoms with van der Waals surface area (Å²) in [4.78, 5) is 0. The molecule has 2 rings (SSSR count). The van der Waals surface area contributed by atoms with Gasteiger partial charge in [0.25, 0.3) is 0 Å². The van der Waals surface area contributed by atoms with Crippen molar-refractivity contribution in [3.63, 3.8) is 0 Å². The smallest absolute Gasteiger partial charge is 0.0814 e. The molecule has 0 saturated carbocycles. The maximum atomic E-state index is 6.10. The van der Waals surface area contributed by atoms with E-state index in [4.69, 9.17) is 17.3 Å². The Morgan fingerprint density at radius 2 is 2.06 bits per heavy atom. The van der Waals surface area contributed by atoms with E-state index in [0.29, 0.717) is 11.6 Å². The minimum Gasteiger partial charge on any atom is -0.322 e. The first-order valence-electron chi connectivity index (χ1n) is 5.17. The first-order valence-corrected chi connectivity index (χ1v) is 5.54. The van der Waals surface area contributed by atoms with Crippen molar-refractivity contribution in [1.82, 2.24) is 9.78 Å². The molecule has 0 aliphatic heterocycles. The minimum absolute atomic E-state index is 0.0594. The molecule has 0 aliphatic rings. The van der Waals surface area contributed by atoms with Crippen molar-refractivity contribution in [2.45, 2.75) is 19.5 Å². The molecule has 4 heteroatoms. The Kier molecular flexibility index (Phi) is 3.27. The molecule has 1 aromatic carbocycles. The van der Waals surface area contributed by atoms with Gasteiger partial charge in [0, 0.05) is 6.04 Å². The molecule has 0 spiro atoms. The van der Waals surface area contributed by atoms with Gasteiger partial charge in [-0.1, -0.05) is 41.9 Å². The molecule has 0 fully saturated rings. The Balaban J connectivity index is 2.14. The van der Waals surface area contributed by atoms with Gasteiger partial charge in [-0.05, 0) is 12.5 Å². The fourth-order valence-corrected chi connectivity index (χ4v) is 1.74. The Hall–Kier alpha value is -1.32. The van der Waals surface area contributed by atoms with Crippen LogP contribution in [0.2, 0.25) is 5.02 Å². The zero-order valence-corrected chi connectivity index (χ0v) is 9.85. The summed E-state index contributed by atoms with van der Waals surface area (Å²) in [6.45, 7) is 2.58. The molecule has 1 heterocycles. The first-order chi connectivity index (χ1) is 7.68. The number of nitrogens with zero attached hydrogens (tertiary/aromatic N) is 2. The zero-order chi connectivity index (χ0) is 11.5. The van der Waals surface area contributed by atoms with Gasteiger partial charge in [-0.2, -0.15) is 5.10 Å². The van der Waals surface area contributed by atoms with E-state index in [-0.39, 0.29) is 6.04 Å².